The summed E-state index contributed by atoms with van der Waals surface area (Å²) in [7, 11) is 0. The molecule has 0 aliphatic heterocycles. The number of rotatable bonds is 3. The molecule has 0 bridgehead atoms. The molecule has 0 aliphatic carbocycles. The van der Waals surface area contributed by atoms with Gasteiger partial charge in [0.25, 0.3) is 5.91 Å². The van der Waals surface area contributed by atoms with Crippen molar-refractivity contribution in [1.82, 2.24) is 14.5 Å². The Morgan fingerprint density at radius 3 is 2.62 bits per heavy atom. The van der Waals surface area contributed by atoms with E-state index in [2.05, 4.69) is 9.97 Å². The van der Waals surface area contributed by atoms with Crippen molar-refractivity contribution in [2.75, 3.05) is 5.01 Å². The number of hydrogen-bond donors (Lipinski definition) is 1. The topological polar surface area (TPSA) is 77.0 Å². The molecule has 0 aliphatic rings. The van der Waals surface area contributed by atoms with Crippen molar-refractivity contribution in [3.8, 4) is 5.69 Å². The summed E-state index contributed by atoms with van der Waals surface area (Å²) in [4.78, 5) is 20.2. The Labute approximate surface area is 150 Å². The van der Waals surface area contributed by atoms with Crippen molar-refractivity contribution < 1.29 is 18.0 Å². The minimum atomic E-state index is -4.60. The zero-order valence-electron chi connectivity index (χ0n) is 13.0. The van der Waals surface area contributed by atoms with Crippen LogP contribution in [0.1, 0.15) is 16.1 Å². The van der Waals surface area contributed by atoms with Gasteiger partial charge in [0.2, 0.25) is 0 Å². The Morgan fingerprint density at radius 1 is 1.23 bits per heavy atom. The molecule has 3 heterocycles. The predicted molar refractivity (Wildman–Crippen MR) is 88.8 cm³/mol. The molecular formula is C16H11ClF3N5O. The minimum absolute atomic E-state index is 0.165. The predicted octanol–water partition coefficient (Wildman–Crippen LogP) is 3.46. The molecule has 134 valence electrons. The summed E-state index contributed by atoms with van der Waals surface area (Å²) < 4.78 is 39.6. The number of halogens is 4. The molecule has 6 nitrogen and oxygen atoms in total. The maximum atomic E-state index is 12.7. The van der Waals surface area contributed by atoms with Crippen LogP contribution in [0.15, 0.2) is 55.1 Å². The summed E-state index contributed by atoms with van der Waals surface area (Å²) >= 11 is 5.84. The van der Waals surface area contributed by atoms with Crippen molar-refractivity contribution in [2.45, 2.75) is 6.18 Å². The van der Waals surface area contributed by atoms with Crippen molar-refractivity contribution in [1.29, 1.82) is 0 Å². The zero-order valence-corrected chi connectivity index (χ0v) is 13.7. The summed E-state index contributed by atoms with van der Waals surface area (Å²) in [5.41, 5.74) is -0.259. The molecule has 0 radical (unpaired) electrons. The van der Waals surface area contributed by atoms with Crippen LogP contribution in [0.4, 0.5) is 19.0 Å². The van der Waals surface area contributed by atoms with Gasteiger partial charge in [-0.25, -0.2) is 15.8 Å². The third-order valence-electron chi connectivity index (χ3n) is 3.49. The van der Waals surface area contributed by atoms with Gasteiger partial charge < -0.3 is 4.57 Å². The minimum Gasteiger partial charge on any atom is -0.311 e. The Hall–Kier alpha value is -2.91. The lowest BCUT2D eigenvalue weighted by Gasteiger charge is -2.19. The average molecular weight is 382 g/mol. The van der Waals surface area contributed by atoms with Crippen molar-refractivity contribution in [2.24, 2.45) is 5.84 Å². The van der Waals surface area contributed by atoms with E-state index >= 15 is 0 Å². The van der Waals surface area contributed by atoms with E-state index in [9.17, 15) is 18.0 Å². The Balaban J connectivity index is 1.94. The third-order valence-corrected chi connectivity index (χ3v) is 3.77. The largest absolute Gasteiger partial charge is 0.417 e. The molecule has 0 saturated carbocycles. The van der Waals surface area contributed by atoms with Crippen molar-refractivity contribution in [3.05, 3.63) is 71.4 Å². The maximum absolute atomic E-state index is 12.7. The summed E-state index contributed by atoms with van der Waals surface area (Å²) in [6.45, 7) is 0. The molecule has 0 unspecified atom stereocenters. The van der Waals surface area contributed by atoms with Gasteiger partial charge in [-0.2, -0.15) is 13.2 Å². The van der Waals surface area contributed by atoms with Crippen LogP contribution in [-0.2, 0) is 6.18 Å². The van der Waals surface area contributed by atoms with E-state index in [1.165, 1.54) is 10.6 Å². The van der Waals surface area contributed by atoms with E-state index < -0.39 is 22.7 Å². The lowest BCUT2D eigenvalue weighted by Crippen LogP contribution is -2.39. The number of alkyl halides is 3. The molecule has 26 heavy (non-hydrogen) atoms. The van der Waals surface area contributed by atoms with E-state index in [0.29, 0.717) is 23.0 Å². The number of carbonyl (C=O) groups is 1. The van der Waals surface area contributed by atoms with E-state index in [4.69, 9.17) is 17.4 Å². The Morgan fingerprint density at radius 2 is 2.00 bits per heavy atom. The van der Waals surface area contributed by atoms with Gasteiger partial charge in [-0.1, -0.05) is 11.6 Å². The first-order valence-corrected chi connectivity index (χ1v) is 7.56. The van der Waals surface area contributed by atoms with Crippen molar-refractivity contribution in [3.63, 3.8) is 0 Å². The lowest BCUT2D eigenvalue weighted by molar-refractivity contribution is -0.137. The first-order valence-electron chi connectivity index (χ1n) is 7.18. The summed E-state index contributed by atoms with van der Waals surface area (Å²) in [6, 6.07) is 7.21. The van der Waals surface area contributed by atoms with Gasteiger partial charge in [0, 0.05) is 18.6 Å². The Bertz CT molecular complexity index is 943. The molecule has 10 heteroatoms. The van der Waals surface area contributed by atoms with Gasteiger partial charge in [-0.3, -0.25) is 9.78 Å². The average Bonchev–Trinajstić information content (AvgIpc) is 3.10. The van der Waals surface area contributed by atoms with Gasteiger partial charge in [0.1, 0.15) is 5.69 Å². The van der Waals surface area contributed by atoms with Gasteiger partial charge >= 0.3 is 6.18 Å². The first kappa shape index (κ1) is 17.9. The molecule has 3 aromatic heterocycles. The number of amides is 1. The molecule has 0 spiro atoms. The molecular weight excluding hydrogens is 371 g/mol. The molecule has 0 fully saturated rings. The maximum Gasteiger partial charge on any atom is 0.417 e. The fraction of sp³-hybridized carbons (Fsp3) is 0.0625. The van der Waals surface area contributed by atoms with Crippen LogP contribution in [0.25, 0.3) is 5.69 Å². The SMILES string of the molecule is NN(C(=O)c1cccn1-c1cccnc1)c1ncc(C(F)(F)F)cc1Cl. The van der Waals surface area contributed by atoms with Crippen LogP contribution in [0.2, 0.25) is 5.02 Å². The molecule has 3 rings (SSSR count). The van der Waals surface area contributed by atoms with E-state index in [-0.39, 0.29) is 11.5 Å². The zero-order chi connectivity index (χ0) is 18.9. The smallest absolute Gasteiger partial charge is 0.311 e. The lowest BCUT2D eigenvalue weighted by atomic mass is 10.2. The molecule has 3 aromatic rings. The van der Waals surface area contributed by atoms with Crippen LogP contribution in [0.3, 0.4) is 0 Å². The highest BCUT2D eigenvalue weighted by Gasteiger charge is 2.32. The highest BCUT2D eigenvalue weighted by molar-refractivity contribution is 6.33. The second-order valence-corrected chi connectivity index (χ2v) is 5.58. The number of carbonyl (C=O) groups excluding carboxylic acids is 1. The monoisotopic (exact) mass is 381 g/mol. The van der Waals surface area contributed by atoms with Gasteiger partial charge in [-0.05, 0) is 30.3 Å². The van der Waals surface area contributed by atoms with E-state index in [1.807, 2.05) is 0 Å². The molecule has 2 N–H and O–H groups in total. The molecule has 0 aromatic carbocycles. The fourth-order valence-corrected chi connectivity index (χ4v) is 2.52. The second-order valence-electron chi connectivity index (χ2n) is 5.18. The third kappa shape index (κ3) is 3.39. The van der Waals surface area contributed by atoms with E-state index in [0.717, 1.165) is 0 Å². The van der Waals surface area contributed by atoms with E-state index in [1.54, 1.807) is 36.8 Å². The quantitative estimate of drug-likeness (QED) is 0.428. The summed E-state index contributed by atoms with van der Waals surface area (Å²) in [5, 5.41) is 0.209. The number of pyridine rings is 2. The number of hydrazine groups is 1. The van der Waals surface area contributed by atoms with Crippen molar-refractivity contribution >= 4 is 23.3 Å². The Kier molecular flexibility index (Phi) is 4.66. The number of hydrogen-bond acceptors (Lipinski definition) is 4. The molecule has 1 amide bonds. The number of nitrogens with two attached hydrogens (primary N) is 1. The fourth-order valence-electron chi connectivity index (χ4n) is 2.26. The highest BCUT2D eigenvalue weighted by Crippen LogP contribution is 2.33. The van der Waals surface area contributed by atoms with Gasteiger partial charge in [0.05, 0.1) is 22.5 Å². The highest BCUT2D eigenvalue weighted by atomic mass is 35.5. The van der Waals surface area contributed by atoms with Crippen LogP contribution >= 0.6 is 11.6 Å². The van der Waals surface area contributed by atoms with Gasteiger partial charge in [0.15, 0.2) is 5.82 Å². The molecule has 0 atom stereocenters. The van der Waals surface area contributed by atoms with Gasteiger partial charge in [-0.15, -0.1) is 0 Å². The van der Waals surface area contributed by atoms with Crippen LogP contribution in [0.5, 0.6) is 0 Å². The van der Waals surface area contributed by atoms with Crippen LogP contribution in [-0.4, -0.2) is 20.4 Å². The summed E-state index contributed by atoms with van der Waals surface area (Å²) in [6.07, 6.45) is 0.707. The number of nitrogens with zero attached hydrogens (tertiary/aromatic N) is 4. The van der Waals surface area contributed by atoms with Crippen LogP contribution in [0, 0.1) is 0 Å². The standard InChI is InChI=1S/C16H11ClF3N5O/c17-12-7-10(16(18,19)20)8-23-14(12)25(21)15(26)13-4-2-6-24(13)11-3-1-5-22-9-11/h1-9H,21H2. The second kappa shape index (κ2) is 6.77. The van der Waals surface area contributed by atoms with Crippen LogP contribution < -0.4 is 10.9 Å². The normalized spacial score (nSPS) is 11.4. The number of anilines is 1. The summed E-state index contributed by atoms with van der Waals surface area (Å²) in [5.74, 6) is 4.77. The molecule has 0 saturated heterocycles. The first-order chi connectivity index (χ1) is 12.3. The number of aromatic nitrogens is 3.